The third-order valence-corrected chi connectivity index (χ3v) is 6.65. The van der Waals surface area contributed by atoms with Crippen LogP contribution in [0.5, 0.6) is 11.5 Å². The molecule has 4 rings (SSSR count). The van der Waals surface area contributed by atoms with Gasteiger partial charge in [-0.15, -0.1) is 11.8 Å². The van der Waals surface area contributed by atoms with E-state index < -0.39 is 0 Å². The first-order valence-corrected chi connectivity index (χ1v) is 10.3. The zero-order chi connectivity index (χ0) is 19.8. The number of carbonyl (C=O) groups is 1. The standard InChI is InChI=1S/C22H24N2O3S/c1-13(17-12-15-8-5-6-9-16(15)23-17)24-21(25)14(2)28-22(24)20-18(26-3)10-7-11-19(20)27-4/h5-14,22-23H,1-4H3. The van der Waals surface area contributed by atoms with Crippen LogP contribution in [0.4, 0.5) is 0 Å². The van der Waals surface area contributed by atoms with Crippen molar-refractivity contribution >= 4 is 28.6 Å². The number of aromatic amines is 1. The molecule has 146 valence electrons. The van der Waals surface area contributed by atoms with Crippen molar-refractivity contribution in [2.75, 3.05) is 14.2 Å². The number of nitrogens with zero attached hydrogens (tertiary/aromatic N) is 1. The molecular weight excluding hydrogens is 372 g/mol. The Hall–Kier alpha value is -2.60. The average molecular weight is 397 g/mol. The Morgan fingerprint density at radius 3 is 2.39 bits per heavy atom. The molecule has 3 aromatic rings. The number of nitrogens with one attached hydrogen (secondary N) is 1. The number of amides is 1. The number of rotatable bonds is 5. The van der Waals surface area contributed by atoms with E-state index in [1.165, 1.54) is 0 Å². The van der Waals surface area contributed by atoms with Gasteiger partial charge in [-0.25, -0.2) is 0 Å². The number of H-pyrrole nitrogens is 1. The lowest BCUT2D eigenvalue weighted by molar-refractivity contribution is -0.132. The summed E-state index contributed by atoms with van der Waals surface area (Å²) in [7, 11) is 3.29. The SMILES string of the molecule is COc1cccc(OC)c1C1SC(C)C(=O)N1C(C)c1cc2ccccc2[nH]1. The molecular formula is C22H24N2O3S. The molecule has 0 aliphatic carbocycles. The Morgan fingerprint density at radius 2 is 1.75 bits per heavy atom. The number of benzene rings is 2. The first-order chi connectivity index (χ1) is 13.5. The van der Waals surface area contributed by atoms with Crippen LogP contribution in [0.25, 0.3) is 10.9 Å². The van der Waals surface area contributed by atoms with Crippen LogP contribution in [0.2, 0.25) is 0 Å². The summed E-state index contributed by atoms with van der Waals surface area (Å²) >= 11 is 1.63. The fourth-order valence-electron chi connectivity index (χ4n) is 3.84. The van der Waals surface area contributed by atoms with E-state index in [1.54, 1.807) is 26.0 Å². The van der Waals surface area contributed by atoms with E-state index in [1.807, 2.05) is 42.2 Å². The second-order valence-electron chi connectivity index (χ2n) is 6.94. The zero-order valence-corrected chi connectivity index (χ0v) is 17.2. The van der Waals surface area contributed by atoms with E-state index in [-0.39, 0.29) is 22.6 Å². The third kappa shape index (κ3) is 3.02. The maximum atomic E-state index is 13.1. The van der Waals surface area contributed by atoms with Crippen molar-refractivity contribution in [3.63, 3.8) is 0 Å². The molecule has 1 fully saturated rings. The molecule has 1 aromatic heterocycles. The number of hydrogen-bond donors (Lipinski definition) is 1. The predicted octanol–water partition coefficient (Wildman–Crippen LogP) is 4.91. The molecule has 1 N–H and O–H groups in total. The Labute approximate surface area is 169 Å². The highest BCUT2D eigenvalue weighted by molar-refractivity contribution is 8.01. The number of para-hydroxylation sites is 1. The zero-order valence-electron chi connectivity index (χ0n) is 16.4. The minimum Gasteiger partial charge on any atom is -0.496 e. The first kappa shape index (κ1) is 18.7. The van der Waals surface area contributed by atoms with Crippen molar-refractivity contribution in [1.82, 2.24) is 9.88 Å². The Kier molecular flexibility index (Phi) is 4.98. The van der Waals surface area contributed by atoms with Gasteiger partial charge in [-0.3, -0.25) is 4.79 Å². The third-order valence-electron chi connectivity index (χ3n) is 5.32. The molecule has 5 nitrogen and oxygen atoms in total. The van der Waals surface area contributed by atoms with Crippen LogP contribution in [-0.2, 0) is 4.79 Å². The Balaban J connectivity index is 1.79. The van der Waals surface area contributed by atoms with Crippen LogP contribution >= 0.6 is 11.8 Å². The molecule has 1 amide bonds. The van der Waals surface area contributed by atoms with Crippen LogP contribution in [0.3, 0.4) is 0 Å². The number of carbonyl (C=O) groups excluding carboxylic acids is 1. The van der Waals surface area contributed by atoms with Gasteiger partial charge in [0, 0.05) is 11.2 Å². The second kappa shape index (κ2) is 7.43. The van der Waals surface area contributed by atoms with Crippen LogP contribution in [0.15, 0.2) is 48.5 Å². The summed E-state index contributed by atoms with van der Waals surface area (Å²) in [5, 5.41) is 0.824. The van der Waals surface area contributed by atoms with Gasteiger partial charge >= 0.3 is 0 Å². The molecule has 0 radical (unpaired) electrons. The van der Waals surface area contributed by atoms with Crippen LogP contribution in [-0.4, -0.2) is 35.3 Å². The van der Waals surface area contributed by atoms with Crippen molar-refractivity contribution in [2.24, 2.45) is 0 Å². The molecule has 3 atom stereocenters. The Bertz CT molecular complexity index is 961. The largest absolute Gasteiger partial charge is 0.496 e. The lowest BCUT2D eigenvalue weighted by Gasteiger charge is -2.31. The fraction of sp³-hybridized carbons (Fsp3) is 0.318. The van der Waals surface area contributed by atoms with Crippen molar-refractivity contribution in [2.45, 2.75) is 30.5 Å². The minimum atomic E-state index is -0.185. The smallest absolute Gasteiger partial charge is 0.237 e. The van der Waals surface area contributed by atoms with Gasteiger partial charge in [0.05, 0.1) is 31.1 Å². The normalized spacial score (nSPS) is 20.6. The maximum absolute atomic E-state index is 13.1. The van der Waals surface area contributed by atoms with Crippen molar-refractivity contribution in [3.8, 4) is 11.5 Å². The van der Waals surface area contributed by atoms with E-state index >= 15 is 0 Å². The van der Waals surface area contributed by atoms with E-state index in [9.17, 15) is 4.79 Å². The van der Waals surface area contributed by atoms with E-state index in [4.69, 9.17) is 9.47 Å². The van der Waals surface area contributed by atoms with Gasteiger partial charge in [0.2, 0.25) is 5.91 Å². The molecule has 0 spiro atoms. The quantitative estimate of drug-likeness (QED) is 0.666. The molecule has 2 heterocycles. The van der Waals surface area contributed by atoms with Gasteiger partial charge < -0.3 is 19.4 Å². The number of aromatic nitrogens is 1. The highest BCUT2D eigenvalue weighted by Gasteiger charge is 2.44. The average Bonchev–Trinajstić information content (AvgIpc) is 3.28. The van der Waals surface area contributed by atoms with Crippen LogP contribution in [0.1, 0.15) is 36.5 Å². The molecule has 1 saturated heterocycles. The van der Waals surface area contributed by atoms with Crippen molar-refractivity contribution in [3.05, 3.63) is 59.8 Å². The summed E-state index contributed by atoms with van der Waals surface area (Å²) in [5.41, 5.74) is 2.99. The monoisotopic (exact) mass is 396 g/mol. The lowest BCUT2D eigenvalue weighted by Crippen LogP contribution is -2.33. The fourth-order valence-corrected chi connectivity index (χ4v) is 5.25. The number of thioether (sulfide) groups is 1. The molecule has 28 heavy (non-hydrogen) atoms. The van der Waals surface area contributed by atoms with E-state index in [0.29, 0.717) is 0 Å². The van der Waals surface area contributed by atoms with Gasteiger partial charge in [0.15, 0.2) is 0 Å². The lowest BCUT2D eigenvalue weighted by atomic mass is 10.1. The summed E-state index contributed by atoms with van der Waals surface area (Å²) in [4.78, 5) is 18.5. The van der Waals surface area contributed by atoms with Crippen molar-refractivity contribution < 1.29 is 14.3 Å². The van der Waals surface area contributed by atoms with Crippen molar-refractivity contribution in [1.29, 1.82) is 0 Å². The molecule has 2 aromatic carbocycles. The van der Waals surface area contributed by atoms with Gasteiger partial charge in [0.25, 0.3) is 0 Å². The number of hydrogen-bond acceptors (Lipinski definition) is 4. The summed E-state index contributed by atoms with van der Waals surface area (Å²) in [5.74, 6) is 1.58. The molecule has 0 saturated carbocycles. The van der Waals surface area contributed by atoms with Crippen LogP contribution < -0.4 is 9.47 Å². The van der Waals surface area contributed by atoms with Gasteiger partial charge in [-0.1, -0.05) is 24.3 Å². The van der Waals surface area contributed by atoms with E-state index in [2.05, 4.69) is 30.1 Å². The topological polar surface area (TPSA) is 54.6 Å². The first-order valence-electron chi connectivity index (χ1n) is 9.31. The molecule has 6 heteroatoms. The molecule has 1 aliphatic heterocycles. The highest BCUT2D eigenvalue weighted by Crippen LogP contribution is 2.52. The summed E-state index contributed by atoms with van der Waals surface area (Å²) in [6, 6.07) is 15.9. The number of ether oxygens (including phenoxy) is 2. The number of fused-ring (bicyclic) bond motifs is 1. The minimum absolute atomic E-state index is 0.114. The highest BCUT2D eigenvalue weighted by atomic mass is 32.2. The maximum Gasteiger partial charge on any atom is 0.237 e. The predicted molar refractivity (Wildman–Crippen MR) is 113 cm³/mol. The Morgan fingerprint density at radius 1 is 1.07 bits per heavy atom. The molecule has 0 bridgehead atoms. The number of methoxy groups -OCH3 is 2. The van der Waals surface area contributed by atoms with Gasteiger partial charge in [-0.2, -0.15) is 0 Å². The molecule has 1 aliphatic rings. The van der Waals surface area contributed by atoms with Crippen LogP contribution in [0, 0.1) is 0 Å². The van der Waals surface area contributed by atoms with E-state index in [0.717, 1.165) is 33.7 Å². The van der Waals surface area contributed by atoms with Gasteiger partial charge in [-0.05, 0) is 43.5 Å². The second-order valence-corrected chi connectivity index (χ2v) is 8.37. The van der Waals surface area contributed by atoms with Gasteiger partial charge in [0.1, 0.15) is 16.9 Å². The summed E-state index contributed by atoms with van der Waals surface area (Å²) in [6.07, 6.45) is 0. The molecule has 3 unspecified atom stereocenters. The summed E-state index contributed by atoms with van der Waals surface area (Å²) < 4.78 is 11.2. The summed E-state index contributed by atoms with van der Waals surface area (Å²) in [6.45, 7) is 4.02.